The van der Waals surface area contributed by atoms with E-state index in [-0.39, 0.29) is 5.69 Å². The van der Waals surface area contributed by atoms with Crippen LogP contribution in [-0.4, -0.2) is 21.0 Å². The highest BCUT2D eigenvalue weighted by Crippen LogP contribution is 2.35. The van der Waals surface area contributed by atoms with Crippen molar-refractivity contribution in [3.05, 3.63) is 59.0 Å². The molecule has 104 valence electrons. The zero-order valence-electron chi connectivity index (χ0n) is 10.7. The van der Waals surface area contributed by atoms with Gasteiger partial charge in [0.1, 0.15) is 5.01 Å². The summed E-state index contributed by atoms with van der Waals surface area (Å²) in [6.45, 7) is 0. The monoisotopic (exact) mass is 360 g/mol. The Morgan fingerprint density at radius 3 is 2.57 bits per heavy atom. The number of hydrogen-bond donors (Lipinski definition) is 1. The molecule has 0 saturated heterocycles. The largest absolute Gasteiger partial charge is 0.476 e. The molecule has 3 rings (SSSR count). The Labute approximate surface area is 133 Å². The quantitative estimate of drug-likeness (QED) is 0.754. The molecule has 0 amide bonds. The maximum absolute atomic E-state index is 11.4. The number of halogens is 1. The molecule has 0 unspecified atom stereocenters. The van der Waals surface area contributed by atoms with Crippen LogP contribution in [0.2, 0.25) is 0 Å². The molecule has 0 radical (unpaired) electrons. The highest BCUT2D eigenvalue weighted by atomic mass is 79.9. The summed E-state index contributed by atoms with van der Waals surface area (Å²) in [4.78, 5) is 20.4. The Morgan fingerprint density at radius 1 is 1.14 bits per heavy atom. The number of aromatic carboxylic acids is 1. The van der Waals surface area contributed by atoms with Gasteiger partial charge in [0, 0.05) is 22.4 Å². The van der Waals surface area contributed by atoms with Crippen molar-refractivity contribution in [2.75, 3.05) is 0 Å². The second kappa shape index (κ2) is 5.75. The molecule has 0 fully saturated rings. The molecule has 1 aromatic carbocycles. The summed E-state index contributed by atoms with van der Waals surface area (Å²) < 4.78 is 0.827. The van der Waals surface area contributed by atoms with Crippen molar-refractivity contribution in [1.29, 1.82) is 0 Å². The van der Waals surface area contributed by atoms with Crippen LogP contribution >= 0.6 is 27.3 Å². The Bertz CT molecular complexity index is 802. The van der Waals surface area contributed by atoms with E-state index in [9.17, 15) is 9.90 Å². The number of carbonyl (C=O) groups is 1. The molecule has 0 aliphatic heterocycles. The fourth-order valence-corrected chi connectivity index (χ4v) is 3.31. The van der Waals surface area contributed by atoms with E-state index in [1.54, 1.807) is 12.4 Å². The van der Waals surface area contributed by atoms with E-state index >= 15 is 0 Å². The number of carboxylic acids is 1. The number of carboxylic acid groups (broad SMARTS) is 1. The third-order valence-electron chi connectivity index (χ3n) is 2.82. The van der Waals surface area contributed by atoms with E-state index in [1.165, 1.54) is 11.3 Å². The highest BCUT2D eigenvalue weighted by molar-refractivity contribution is 9.10. The number of rotatable bonds is 3. The first kappa shape index (κ1) is 13.9. The lowest BCUT2D eigenvalue weighted by Crippen LogP contribution is -1.98. The van der Waals surface area contributed by atoms with Crippen LogP contribution in [0.15, 0.2) is 53.3 Å². The molecule has 0 bridgehead atoms. The lowest BCUT2D eigenvalue weighted by molar-refractivity contribution is 0.0692. The summed E-state index contributed by atoms with van der Waals surface area (Å²) >= 11 is 4.71. The van der Waals surface area contributed by atoms with E-state index in [1.807, 2.05) is 36.4 Å². The first-order chi connectivity index (χ1) is 10.1. The van der Waals surface area contributed by atoms with Crippen molar-refractivity contribution < 1.29 is 9.90 Å². The van der Waals surface area contributed by atoms with Crippen LogP contribution in [0, 0.1) is 0 Å². The molecule has 6 heteroatoms. The average molecular weight is 361 g/mol. The molecule has 0 saturated carbocycles. The van der Waals surface area contributed by atoms with E-state index < -0.39 is 5.97 Å². The summed E-state index contributed by atoms with van der Waals surface area (Å²) in [6.07, 6.45) is 3.34. The predicted molar refractivity (Wildman–Crippen MR) is 85.4 cm³/mol. The number of pyridine rings is 1. The van der Waals surface area contributed by atoms with Crippen LogP contribution in [0.1, 0.15) is 10.5 Å². The summed E-state index contributed by atoms with van der Waals surface area (Å²) in [5.74, 6) is -1.03. The van der Waals surface area contributed by atoms with Gasteiger partial charge in [-0.05, 0) is 27.6 Å². The molecule has 2 aromatic heterocycles. The molecular weight excluding hydrogens is 352 g/mol. The van der Waals surface area contributed by atoms with Crippen LogP contribution in [-0.2, 0) is 0 Å². The van der Waals surface area contributed by atoms with Gasteiger partial charge in [0.05, 0.1) is 4.88 Å². The van der Waals surface area contributed by atoms with Gasteiger partial charge in [-0.25, -0.2) is 9.78 Å². The van der Waals surface area contributed by atoms with Crippen molar-refractivity contribution in [3.63, 3.8) is 0 Å². The smallest absolute Gasteiger partial charge is 0.356 e. The second-order valence-corrected chi connectivity index (χ2v) is 6.17. The van der Waals surface area contributed by atoms with E-state index in [4.69, 9.17) is 0 Å². The minimum atomic E-state index is -1.03. The lowest BCUT2D eigenvalue weighted by atomic mass is 10.1. The third kappa shape index (κ3) is 2.86. The van der Waals surface area contributed by atoms with Gasteiger partial charge >= 0.3 is 5.97 Å². The maximum Gasteiger partial charge on any atom is 0.356 e. The molecule has 4 nitrogen and oxygen atoms in total. The van der Waals surface area contributed by atoms with Crippen LogP contribution in [0.25, 0.3) is 21.0 Å². The zero-order valence-corrected chi connectivity index (χ0v) is 13.1. The molecule has 0 spiro atoms. The normalized spacial score (nSPS) is 10.5. The van der Waals surface area contributed by atoms with Crippen molar-refractivity contribution in [3.8, 4) is 21.0 Å². The Balaban J connectivity index is 2.15. The van der Waals surface area contributed by atoms with Crippen molar-refractivity contribution >= 4 is 33.2 Å². The van der Waals surface area contributed by atoms with Gasteiger partial charge in [0.2, 0.25) is 0 Å². The maximum atomic E-state index is 11.4. The van der Waals surface area contributed by atoms with Gasteiger partial charge in [0.15, 0.2) is 5.69 Å². The van der Waals surface area contributed by atoms with Crippen LogP contribution < -0.4 is 0 Å². The lowest BCUT2D eigenvalue weighted by Gasteiger charge is -1.97. The van der Waals surface area contributed by atoms with Gasteiger partial charge in [-0.3, -0.25) is 4.98 Å². The number of benzene rings is 1. The zero-order chi connectivity index (χ0) is 14.8. The molecule has 0 aliphatic rings. The standard InChI is InChI=1S/C15H9BrN2O2S/c16-11-6-10(7-17-8-11)14-18-12(15(19)20)13(21-14)9-4-2-1-3-5-9/h1-8H,(H,19,20). The summed E-state index contributed by atoms with van der Waals surface area (Å²) in [7, 11) is 0. The van der Waals surface area contributed by atoms with Crippen LogP contribution in [0.3, 0.4) is 0 Å². The molecule has 3 aromatic rings. The molecular formula is C15H9BrN2O2S. The van der Waals surface area contributed by atoms with Crippen molar-refractivity contribution in [2.24, 2.45) is 0 Å². The average Bonchev–Trinajstić information content (AvgIpc) is 2.93. The summed E-state index contributed by atoms with van der Waals surface area (Å²) in [5, 5.41) is 10.0. The fraction of sp³-hybridized carbons (Fsp3) is 0. The molecule has 1 N–H and O–H groups in total. The van der Waals surface area contributed by atoms with E-state index in [2.05, 4.69) is 25.9 Å². The van der Waals surface area contributed by atoms with E-state index in [0.717, 1.165) is 15.6 Å². The fourth-order valence-electron chi connectivity index (χ4n) is 1.90. The number of nitrogens with zero attached hydrogens (tertiary/aromatic N) is 2. The first-order valence-corrected chi connectivity index (χ1v) is 7.66. The summed E-state index contributed by atoms with van der Waals surface area (Å²) in [6, 6.07) is 11.3. The molecule has 21 heavy (non-hydrogen) atoms. The van der Waals surface area contributed by atoms with Gasteiger partial charge in [-0.2, -0.15) is 0 Å². The van der Waals surface area contributed by atoms with Crippen molar-refractivity contribution in [1.82, 2.24) is 9.97 Å². The Hall–Kier alpha value is -2.05. The predicted octanol–water partition coefficient (Wildman–Crippen LogP) is 4.33. The van der Waals surface area contributed by atoms with Gasteiger partial charge in [-0.15, -0.1) is 11.3 Å². The van der Waals surface area contributed by atoms with Crippen LogP contribution in [0.5, 0.6) is 0 Å². The molecule has 2 heterocycles. The SMILES string of the molecule is O=C(O)c1nc(-c2cncc(Br)c2)sc1-c1ccccc1. The van der Waals surface area contributed by atoms with Crippen molar-refractivity contribution in [2.45, 2.75) is 0 Å². The number of hydrogen-bond acceptors (Lipinski definition) is 4. The van der Waals surface area contributed by atoms with E-state index in [0.29, 0.717) is 9.88 Å². The second-order valence-electron chi connectivity index (χ2n) is 4.26. The first-order valence-electron chi connectivity index (χ1n) is 6.05. The Kier molecular flexibility index (Phi) is 3.81. The van der Waals surface area contributed by atoms with Gasteiger partial charge in [0.25, 0.3) is 0 Å². The van der Waals surface area contributed by atoms with Gasteiger partial charge in [-0.1, -0.05) is 30.3 Å². The summed E-state index contributed by atoms with van der Waals surface area (Å²) in [5.41, 5.74) is 1.71. The third-order valence-corrected chi connectivity index (χ3v) is 4.40. The topological polar surface area (TPSA) is 63.1 Å². The van der Waals surface area contributed by atoms with Gasteiger partial charge < -0.3 is 5.11 Å². The number of thiazole rings is 1. The molecule has 0 atom stereocenters. The molecule has 0 aliphatic carbocycles. The number of aromatic nitrogens is 2. The van der Waals surface area contributed by atoms with Crippen LogP contribution in [0.4, 0.5) is 0 Å². The Morgan fingerprint density at radius 2 is 1.90 bits per heavy atom. The minimum Gasteiger partial charge on any atom is -0.476 e. The minimum absolute atomic E-state index is 0.0705. The highest BCUT2D eigenvalue weighted by Gasteiger charge is 2.19.